The van der Waals surface area contributed by atoms with Crippen molar-refractivity contribution < 1.29 is 31.6 Å². The molecule has 11 heteroatoms. The third-order valence-corrected chi connectivity index (χ3v) is 5.10. The number of alkyl halides is 3. The Bertz CT molecular complexity index is 1410. The summed E-state index contributed by atoms with van der Waals surface area (Å²) < 4.78 is 70.5. The highest BCUT2D eigenvalue weighted by molar-refractivity contribution is 5.92. The van der Waals surface area contributed by atoms with E-state index in [9.17, 15) is 22.4 Å². The molecule has 0 aliphatic carbocycles. The topological polar surface area (TPSA) is 79.4 Å². The molecule has 0 atom stereocenters. The van der Waals surface area contributed by atoms with E-state index in [1.807, 2.05) is 0 Å². The first-order chi connectivity index (χ1) is 15.6. The van der Waals surface area contributed by atoms with Gasteiger partial charge in [-0.05, 0) is 37.3 Å². The zero-order valence-corrected chi connectivity index (χ0v) is 17.7. The molecular formula is C22H17F4N3O4. The Morgan fingerprint density at radius 1 is 1.09 bits per heavy atom. The van der Waals surface area contributed by atoms with Gasteiger partial charge in [0.1, 0.15) is 28.4 Å². The molecule has 2 heterocycles. The number of methoxy groups -OCH3 is 2. The van der Waals surface area contributed by atoms with Gasteiger partial charge in [0.25, 0.3) is 5.56 Å². The highest BCUT2D eigenvalue weighted by atomic mass is 19.4. The van der Waals surface area contributed by atoms with Crippen LogP contribution in [-0.2, 0) is 12.7 Å². The molecule has 2 aromatic heterocycles. The largest absolute Gasteiger partial charge is 0.497 e. The first-order valence-corrected chi connectivity index (χ1v) is 9.59. The number of fused-ring (bicyclic) bond motifs is 1. The normalized spacial score (nSPS) is 11.7. The van der Waals surface area contributed by atoms with E-state index in [0.717, 1.165) is 4.68 Å². The van der Waals surface area contributed by atoms with Crippen LogP contribution in [0.15, 0.2) is 45.7 Å². The zero-order valence-electron chi connectivity index (χ0n) is 17.7. The van der Waals surface area contributed by atoms with Gasteiger partial charge < -0.3 is 14.0 Å². The van der Waals surface area contributed by atoms with Gasteiger partial charge in [-0.1, -0.05) is 5.16 Å². The summed E-state index contributed by atoms with van der Waals surface area (Å²) in [5.74, 6) is -0.0602. The van der Waals surface area contributed by atoms with E-state index in [1.54, 1.807) is 18.2 Å². The number of aromatic nitrogens is 3. The van der Waals surface area contributed by atoms with Crippen LogP contribution in [0.4, 0.5) is 17.6 Å². The van der Waals surface area contributed by atoms with Crippen molar-refractivity contribution in [3.63, 3.8) is 0 Å². The van der Waals surface area contributed by atoms with Gasteiger partial charge in [-0.25, -0.2) is 9.07 Å². The van der Waals surface area contributed by atoms with Crippen molar-refractivity contribution in [2.75, 3.05) is 14.2 Å². The fraction of sp³-hybridized carbons (Fsp3) is 0.227. The molecule has 7 nitrogen and oxygen atoms in total. The maximum Gasteiger partial charge on any atom is 0.416 e. The summed E-state index contributed by atoms with van der Waals surface area (Å²) in [5.41, 5.74) is -1.18. The van der Waals surface area contributed by atoms with Gasteiger partial charge in [-0.3, -0.25) is 4.79 Å². The van der Waals surface area contributed by atoms with Crippen molar-refractivity contribution in [2.45, 2.75) is 19.6 Å². The second-order valence-electron chi connectivity index (χ2n) is 7.15. The number of hydrogen-bond acceptors (Lipinski definition) is 6. The molecule has 2 aromatic carbocycles. The molecule has 33 heavy (non-hydrogen) atoms. The van der Waals surface area contributed by atoms with Gasteiger partial charge in [-0.2, -0.15) is 18.3 Å². The SMILES string of the molecule is COc1ccc(-c2nn(Cc3cc(C(F)(F)F)ccc3F)c(=O)c3c(C)noc23)c(OC)c1. The maximum absolute atomic E-state index is 14.4. The number of aryl methyl sites for hydroxylation is 1. The summed E-state index contributed by atoms with van der Waals surface area (Å²) in [6.45, 7) is 0.998. The Balaban J connectivity index is 1.93. The van der Waals surface area contributed by atoms with E-state index in [1.165, 1.54) is 21.1 Å². The molecule has 0 fully saturated rings. The van der Waals surface area contributed by atoms with Crippen LogP contribution in [0.2, 0.25) is 0 Å². The Labute approximate surface area is 184 Å². The predicted octanol–water partition coefficient (Wildman–Crippen LogP) is 4.58. The van der Waals surface area contributed by atoms with Gasteiger partial charge in [0, 0.05) is 17.2 Å². The third kappa shape index (κ3) is 4.01. The molecule has 4 rings (SSSR count). The molecule has 4 aromatic rings. The zero-order chi connectivity index (χ0) is 23.9. The molecular weight excluding hydrogens is 446 g/mol. The first-order valence-electron chi connectivity index (χ1n) is 9.59. The molecule has 0 bridgehead atoms. The molecule has 0 N–H and O–H groups in total. The second-order valence-corrected chi connectivity index (χ2v) is 7.15. The van der Waals surface area contributed by atoms with E-state index in [-0.39, 0.29) is 27.9 Å². The minimum Gasteiger partial charge on any atom is -0.497 e. The van der Waals surface area contributed by atoms with Gasteiger partial charge in [-0.15, -0.1) is 0 Å². The molecule has 0 amide bonds. The lowest BCUT2D eigenvalue weighted by atomic mass is 10.1. The Kier molecular flexibility index (Phi) is 5.56. The Morgan fingerprint density at radius 2 is 1.85 bits per heavy atom. The number of halogens is 4. The Morgan fingerprint density at radius 3 is 2.52 bits per heavy atom. The van der Waals surface area contributed by atoms with Crippen LogP contribution in [0.1, 0.15) is 16.8 Å². The van der Waals surface area contributed by atoms with Crippen molar-refractivity contribution in [3.05, 3.63) is 69.4 Å². The van der Waals surface area contributed by atoms with E-state index in [2.05, 4.69) is 10.3 Å². The quantitative estimate of drug-likeness (QED) is 0.403. The number of benzene rings is 2. The smallest absolute Gasteiger partial charge is 0.416 e. The van der Waals surface area contributed by atoms with Gasteiger partial charge in [0.2, 0.25) is 5.58 Å². The summed E-state index contributed by atoms with van der Waals surface area (Å²) in [5, 5.41) is 8.18. The van der Waals surface area contributed by atoms with Crippen molar-refractivity contribution in [1.29, 1.82) is 0 Å². The van der Waals surface area contributed by atoms with Crippen LogP contribution in [0.5, 0.6) is 11.5 Å². The van der Waals surface area contributed by atoms with E-state index in [4.69, 9.17) is 14.0 Å². The fourth-order valence-electron chi connectivity index (χ4n) is 3.43. The molecule has 0 spiro atoms. The number of ether oxygens (including phenoxy) is 2. The lowest BCUT2D eigenvalue weighted by molar-refractivity contribution is -0.137. The minimum absolute atomic E-state index is 0.0710. The standard InChI is InChI=1S/C22H17F4N3O4/c1-11-18-20(33-28-11)19(15-6-5-14(31-2)9-17(15)32-3)27-29(21(18)30)10-12-8-13(22(24,25)26)4-7-16(12)23/h4-9H,10H2,1-3H3. The molecule has 172 valence electrons. The molecule has 0 aliphatic rings. The van der Waals surface area contributed by atoms with E-state index in [0.29, 0.717) is 35.3 Å². The summed E-state index contributed by atoms with van der Waals surface area (Å²) in [4.78, 5) is 13.1. The van der Waals surface area contributed by atoms with Crippen LogP contribution in [0.25, 0.3) is 22.2 Å². The lowest BCUT2D eigenvalue weighted by Crippen LogP contribution is -2.25. The van der Waals surface area contributed by atoms with Crippen LogP contribution >= 0.6 is 0 Å². The summed E-state index contributed by atoms with van der Waals surface area (Å²) >= 11 is 0. The summed E-state index contributed by atoms with van der Waals surface area (Å²) in [7, 11) is 2.91. The molecule has 0 saturated carbocycles. The first kappa shape index (κ1) is 22.3. The van der Waals surface area contributed by atoms with Gasteiger partial charge in [0.15, 0.2) is 0 Å². The third-order valence-electron chi connectivity index (χ3n) is 5.10. The highest BCUT2D eigenvalue weighted by Gasteiger charge is 2.31. The van der Waals surface area contributed by atoms with Crippen molar-refractivity contribution in [3.8, 4) is 22.8 Å². The molecule has 0 radical (unpaired) electrons. The van der Waals surface area contributed by atoms with Crippen molar-refractivity contribution in [2.24, 2.45) is 0 Å². The monoisotopic (exact) mass is 463 g/mol. The van der Waals surface area contributed by atoms with Crippen LogP contribution in [-0.4, -0.2) is 29.2 Å². The second kappa shape index (κ2) is 8.23. The van der Waals surface area contributed by atoms with E-state index < -0.39 is 29.7 Å². The van der Waals surface area contributed by atoms with Crippen LogP contribution in [0, 0.1) is 12.7 Å². The molecule has 0 unspecified atom stereocenters. The molecule has 0 aliphatic heterocycles. The van der Waals surface area contributed by atoms with Gasteiger partial charge >= 0.3 is 6.18 Å². The van der Waals surface area contributed by atoms with Crippen molar-refractivity contribution >= 4 is 11.0 Å². The van der Waals surface area contributed by atoms with E-state index >= 15 is 0 Å². The fourth-order valence-corrected chi connectivity index (χ4v) is 3.43. The van der Waals surface area contributed by atoms with Crippen LogP contribution < -0.4 is 15.0 Å². The minimum atomic E-state index is -4.67. The number of nitrogens with zero attached hydrogens (tertiary/aromatic N) is 3. The summed E-state index contributed by atoms with van der Waals surface area (Å²) in [6, 6.07) is 6.85. The predicted molar refractivity (Wildman–Crippen MR) is 110 cm³/mol. The van der Waals surface area contributed by atoms with Crippen LogP contribution in [0.3, 0.4) is 0 Å². The Hall–Kier alpha value is -3.89. The molecule has 0 saturated heterocycles. The number of hydrogen-bond donors (Lipinski definition) is 0. The summed E-state index contributed by atoms with van der Waals surface area (Å²) in [6.07, 6.45) is -4.67. The number of rotatable bonds is 5. The van der Waals surface area contributed by atoms with Crippen molar-refractivity contribution in [1.82, 2.24) is 14.9 Å². The average Bonchev–Trinajstić information content (AvgIpc) is 3.17. The maximum atomic E-state index is 14.4. The highest BCUT2D eigenvalue weighted by Crippen LogP contribution is 2.36. The average molecular weight is 463 g/mol. The lowest BCUT2D eigenvalue weighted by Gasteiger charge is -2.13. The van der Waals surface area contributed by atoms with Gasteiger partial charge in [0.05, 0.1) is 32.0 Å².